The molecular formula is C26H37N4+. The number of nitrogens with zero attached hydrogens (tertiary/aromatic N) is 3. The Bertz CT molecular complexity index is 906. The van der Waals surface area contributed by atoms with Crippen LogP contribution in [0.15, 0.2) is 48.5 Å². The highest BCUT2D eigenvalue weighted by Crippen LogP contribution is 2.30. The van der Waals surface area contributed by atoms with Gasteiger partial charge in [0.2, 0.25) is 0 Å². The van der Waals surface area contributed by atoms with Crippen LogP contribution in [0.25, 0.3) is 21.8 Å². The van der Waals surface area contributed by atoms with Crippen LogP contribution in [0, 0.1) is 0 Å². The highest BCUT2D eigenvalue weighted by molar-refractivity contribution is 6.07. The number of rotatable bonds is 9. The highest BCUT2D eigenvalue weighted by atomic mass is 15.4. The van der Waals surface area contributed by atoms with Crippen molar-refractivity contribution in [3.63, 3.8) is 0 Å². The zero-order chi connectivity index (χ0) is 20.8. The van der Waals surface area contributed by atoms with Gasteiger partial charge in [0, 0.05) is 37.0 Å². The molecule has 1 aliphatic heterocycles. The minimum Gasteiger partial charge on any atom is -0.383 e. The van der Waals surface area contributed by atoms with E-state index in [1.807, 2.05) is 0 Å². The maximum absolute atomic E-state index is 4.84. The Morgan fingerprint density at radius 1 is 0.900 bits per heavy atom. The minimum absolute atomic E-state index is 0.970. The number of unbranched alkanes of at least 4 members (excludes halogenated alkanes) is 3. The lowest BCUT2D eigenvalue weighted by atomic mass is 10.1. The van der Waals surface area contributed by atoms with Crippen molar-refractivity contribution in [3.8, 4) is 0 Å². The molecule has 30 heavy (non-hydrogen) atoms. The molecule has 0 amide bonds. The molecule has 2 aromatic carbocycles. The van der Waals surface area contributed by atoms with E-state index in [1.54, 1.807) is 0 Å². The van der Waals surface area contributed by atoms with Crippen molar-refractivity contribution in [2.24, 2.45) is 0 Å². The molecular weight excluding hydrogens is 368 g/mol. The topological polar surface area (TPSA) is 28.2 Å². The summed E-state index contributed by atoms with van der Waals surface area (Å²) in [5.74, 6) is 0. The van der Waals surface area contributed by atoms with E-state index in [9.17, 15) is 0 Å². The number of hydrogen-bond acceptors (Lipinski definition) is 3. The van der Waals surface area contributed by atoms with Crippen molar-refractivity contribution >= 4 is 27.5 Å². The molecule has 1 fully saturated rings. The maximum Gasteiger partial charge on any atom is 0.0914 e. The third-order valence-electron chi connectivity index (χ3n) is 6.78. The number of aromatic nitrogens is 1. The van der Waals surface area contributed by atoms with Gasteiger partial charge in [0.1, 0.15) is 0 Å². The highest BCUT2D eigenvalue weighted by Gasteiger charge is 2.27. The number of benzene rings is 2. The molecule has 0 aliphatic carbocycles. The average molecular weight is 406 g/mol. The first-order chi connectivity index (χ1) is 14.7. The summed E-state index contributed by atoms with van der Waals surface area (Å²) >= 11 is 0. The van der Waals surface area contributed by atoms with Crippen LogP contribution in [0.3, 0.4) is 0 Å². The third kappa shape index (κ3) is 4.93. The van der Waals surface area contributed by atoms with Crippen LogP contribution < -0.4 is 5.32 Å². The van der Waals surface area contributed by atoms with Gasteiger partial charge in [0.25, 0.3) is 0 Å². The van der Waals surface area contributed by atoms with E-state index < -0.39 is 0 Å². The second-order valence-corrected chi connectivity index (χ2v) is 9.14. The predicted molar refractivity (Wildman–Crippen MR) is 129 cm³/mol. The van der Waals surface area contributed by atoms with Gasteiger partial charge in [0.15, 0.2) is 0 Å². The Kier molecular flexibility index (Phi) is 6.86. The summed E-state index contributed by atoms with van der Waals surface area (Å²) in [6, 6.07) is 16.9. The van der Waals surface area contributed by atoms with Gasteiger partial charge in [-0.2, -0.15) is 0 Å². The second-order valence-electron chi connectivity index (χ2n) is 9.14. The number of anilines is 1. The quantitative estimate of drug-likeness (QED) is 0.303. The summed E-state index contributed by atoms with van der Waals surface area (Å²) in [4.78, 5) is 7.47. The van der Waals surface area contributed by atoms with Gasteiger partial charge < -0.3 is 9.80 Å². The Labute approximate surface area is 181 Å². The van der Waals surface area contributed by atoms with Crippen molar-refractivity contribution in [2.45, 2.75) is 32.6 Å². The van der Waals surface area contributed by atoms with Crippen LogP contribution in [0.5, 0.6) is 0 Å². The number of quaternary nitrogens is 1. The standard InChI is InChI=1S/C26H37N4/c1-3-4-5-10-19-30(2)20-17-29(18-21-30)16-15-27-26-22-11-6-8-13-24(22)28-25-14-9-7-12-23(25)26/h6-9,11-14H,3-5,10,15-21H2,1-2H3,(H,27,28)/q+1. The molecule has 0 radical (unpaired) electrons. The van der Waals surface area contributed by atoms with E-state index in [2.05, 4.69) is 72.7 Å². The van der Waals surface area contributed by atoms with Crippen molar-refractivity contribution in [1.29, 1.82) is 0 Å². The normalized spacial score (nSPS) is 16.9. The first kappa shape index (κ1) is 21.1. The van der Waals surface area contributed by atoms with E-state index in [1.165, 1.54) is 79.3 Å². The van der Waals surface area contributed by atoms with Crippen molar-refractivity contribution in [1.82, 2.24) is 9.88 Å². The summed E-state index contributed by atoms with van der Waals surface area (Å²) in [7, 11) is 2.46. The molecule has 0 bridgehead atoms. The third-order valence-corrected chi connectivity index (χ3v) is 6.78. The monoisotopic (exact) mass is 405 g/mol. The van der Waals surface area contributed by atoms with Crippen molar-refractivity contribution in [3.05, 3.63) is 48.5 Å². The van der Waals surface area contributed by atoms with Gasteiger partial charge in [0.05, 0.1) is 43.4 Å². The SMILES string of the molecule is CCCCCC[N+]1(C)CCN(CCNc2c3ccccc3nc3ccccc23)CC1. The number of nitrogens with one attached hydrogen (secondary N) is 1. The Hall–Kier alpha value is -2.17. The molecule has 4 rings (SSSR count). The predicted octanol–water partition coefficient (Wildman–Crippen LogP) is 5.14. The zero-order valence-corrected chi connectivity index (χ0v) is 18.7. The Morgan fingerprint density at radius 3 is 2.17 bits per heavy atom. The van der Waals surface area contributed by atoms with Crippen LogP contribution in [0.4, 0.5) is 5.69 Å². The van der Waals surface area contributed by atoms with Crippen molar-refractivity contribution in [2.75, 3.05) is 58.2 Å². The van der Waals surface area contributed by atoms with Crippen LogP contribution >= 0.6 is 0 Å². The first-order valence-electron chi connectivity index (χ1n) is 11.8. The number of pyridine rings is 1. The van der Waals surface area contributed by atoms with Crippen LogP contribution in [-0.4, -0.2) is 67.2 Å². The molecule has 0 saturated carbocycles. The molecule has 4 nitrogen and oxygen atoms in total. The van der Waals surface area contributed by atoms with E-state index in [0.29, 0.717) is 0 Å². The number of piperazine rings is 1. The van der Waals surface area contributed by atoms with E-state index in [-0.39, 0.29) is 0 Å². The molecule has 160 valence electrons. The van der Waals surface area contributed by atoms with Gasteiger partial charge in [-0.25, -0.2) is 4.98 Å². The molecule has 1 N–H and O–H groups in total. The average Bonchev–Trinajstić information content (AvgIpc) is 2.78. The fourth-order valence-corrected chi connectivity index (χ4v) is 4.73. The molecule has 4 heteroatoms. The van der Waals surface area contributed by atoms with E-state index >= 15 is 0 Å². The summed E-state index contributed by atoms with van der Waals surface area (Å²) in [5, 5.41) is 6.19. The van der Waals surface area contributed by atoms with Crippen molar-refractivity contribution < 1.29 is 4.48 Å². The Balaban J connectivity index is 1.34. The van der Waals surface area contributed by atoms with Crippen LogP contribution in [0.1, 0.15) is 32.6 Å². The van der Waals surface area contributed by atoms with Gasteiger partial charge in [-0.1, -0.05) is 56.2 Å². The minimum atomic E-state index is 0.970. The van der Waals surface area contributed by atoms with Gasteiger partial charge >= 0.3 is 0 Å². The molecule has 1 aromatic heterocycles. The smallest absolute Gasteiger partial charge is 0.0914 e. The molecule has 0 atom stereocenters. The lowest BCUT2D eigenvalue weighted by Crippen LogP contribution is -2.58. The number of fused-ring (bicyclic) bond motifs is 2. The number of likely N-dealkylation sites (N-methyl/N-ethyl adjacent to an activating group) is 1. The molecule has 0 spiro atoms. The van der Waals surface area contributed by atoms with Crippen LogP contribution in [0.2, 0.25) is 0 Å². The van der Waals surface area contributed by atoms with Gasteiger partial charge in [-0.3, -0.25) is 4.90 Å². The molecule has 3 aromatic rings. The molecule has 1 saturated heterocycles. The fourth-order valence-electron chi connectivity index (χ4n) is 4.73. The molecule has 1 aliphatic rings. The van der Waals surface area contributed by atoms with E-state index in [4.69, 9.17) is 4.98 Å². The second kappa shape index (κ2) is 9.76. The van der Waals surface area contributed by atoms with Gasteiger partial charge in [-0.15, -0.1) is 0 Å². The molecule has 0 unspecified atom stereocenters. The largest absolute Gasteiger partial charge is 0.383 e. The van der Waals surface area contributed by atoms with Crippen LogP contribution in [-0.2, 0) is 0 Å². The summed E-state index contributed by atoms with van der Waals surface area (Å²) in [6.07, 6.45) is 5.49. The first-order valence-corrected chi connectivity index (χ1v) is 11.8. The lowest BCUT2D eigenvalue weighted by Gasteiger charge is -2.42. The lowest BCUT2D eigenvalue weighted by molar-refractivity contribution is -0.913. The zero-order valence-electron chi connectivity index (χ0n) is 18.7. The molecule has 2 heterocycles. The Morgan fingerprint density at radius 2 is 1.53 bits per heavy atom. The van der Waals surface area contributed by atoms with Gasteiger partial charge in [-0.05, 0) is 25.0 Å². The summed E-state index contributed by atoms with van der Waals surface area (Å²) < 4.78 is 1.26. The summed E-state index contributed by atoms with van der Waals surface area (Å²) in [6.45, 7) is 10.7. The number of hydrogen-bond donors (Lipinski definition) is 1. The fraction of sp³-hybridized carbons (Fsp3) is 0.500. The maximum atomic E-state index is 4.84. The number of para-hydroxylation sites is 2. The van der Waals surface area contributed by atoms with E-state index in [0.717, 1.165) is 24.1 Å². The summed E-state index contributed by atoms with van der Waals surface area (Å²) in [5.41, 5.74) is 3.35.